The van der Waals surface area contributed by atoms with Gasteiger partial charge in [-0.2, -0.15) is 0 Å². The maximum Gasteiger partial charge on any atom is 0.241 e. The van der Waals surface area contributed by atoms with Gasteiger partial charge in [-0.3, -0.25) is 4.79 Å². The first-order chi connectivity index (χ1) is 12.1. The van der Waals surface area contributed by atoms with Crippen molar-refractivity contribution in [1.82, 2.24) is 10.3 Å². The summed E-state index contributed by atoms with van der Waals surface area (Å²) in [5.74, 6) is 0.704. The van der Waals surface area contributed by atoms with E-state index in [1.165, 1.54) is 0 Å². The number of aryl methyl sites for hydroxylation is 1. The number of nitrogens with zero attached hydrogens (tertiary/aromatic N) is 2. The van der Waals surface area contributed by atoms with Gasteiger partial charge in [-0.15, -0.1) is 24.8 Å². The molecule has 0 bridgehead atoms. The van der Waals surface area contributed by atoms with Crippen LogP contribution in [0.25, 0.3) is 0 Å². The fourth-order valence-electron chi connectivity index (χ4n) is 2.85. The second-order valence-electron chi connectivity index (χ2n) is 6.19. The smallest absolute Gasteiger partial charge is 0.241 e. The van der Waals surface area contributed by atoms with Gasteiger partial charge in [-0.1, -0.05) is 35.9 Å². The third kappa shape index (κ3) is 6.07. The van der Waals surface area contributed by atoms with Crippen LogP contribution in [0.5, 0.6) is 0 Å². The van der Waals surface area contributed by atoms with Gasteiger partial charge in [0, 0.05) is 31.4 Å². The van der Waals surface area contributed by atoms with E-state index in [-0.39, 0.29) is 30.7 Å². The summed E-state index contributed by atoms with van der Waals surface area (Å²) in [5, 5.41) is 2.93. The van der Waals surface area contributed by atoms with Crippen LogP contribution < -0.4 is 16.0 Å². The highest BCUT2D eigenvalue weighted by molar-refractivity contribution is 5.85. The number of hydrogen-bond donors (Lipinski definition) is 2. The Morgan fingerprint density at radius 1 is 1.22 bits per heavy atom. The number of pyridine rings is 1. The Bertz CT molecular complexity index is 722. The SMILES string of the molecule is Cc1ccc(C(N)C(=O)NCc2cccnc2N2CCOCC2)cc1.Cl.Cl. The lowest BCUT2D eigenvalue weighted by molar-refractivity contribution is -0.122. The molecule has 2 heterocycles. The number of halogens is 2. The minimum atomic E-state index is -0.677. The van der Waals surface area contributed by atoms with Gasteiger partial charge in [-0.05, 0) is 18.6 Å². The van der Waals surface area contributed by atoms with E-state index in [4.69, 9.17) is 10.5 Å². The zero-order chi connectivity index (χ0) is 17.6. The van der Waals surface area contributed by atoms with E-state index in [0.717, 1.165) is 35.6 Å². The quantitative estimate of drug-likeness (QED) is 0.787. The van der Waals surface area contributed by atoms with Gasteiger partial charge in [0.15, 0.2) is 0 Å². The number of hydrogen-bond acceptors (Lipinski definition) is 5. The molecule has 6 nitrogen and oxygen atoms in total. The topological polar surface area (TPSA) is 80.5 Å². The molecule has 1 aromatic carbocycles. The zero-order valence-corrected chi connectivity index (χ0v) is 16.9. The van der Waals surface area contributed by atoms with Crippen LogP contribution in [0.15, 0.2) is 42.6 Å². The van der Waals surface area contributed by atoms with Crippen LogP contribution in [0.3, 0.4) is 0 Å². The van der Waals surface area contributed by atoms with Crippen LogP contribution >= 0.6 is 24.8 Å². The molecule has 2 aromatic rings. The van der Waals surface area contributed by atoms with Crippen molar-refractivity contribution in [2.24, 2.45) is 5.73 Å². The number of anilines is 1. The van der Waals surface area contributed by atoms with Crippen molar-refractivity contribution in [1.29, 1.82) is 0 Å². The van der Waals surface area contributed by atoms with E-state index in [9.17, 15) is 4.79 Å². The molecule has 0 aliphatic carbocycles. The normalized spacial score (nSPS) is 14.5. The molecule has 3 N–H and O–H groups in total. The molecule has 1 aliphatic heterocycles. The maximum absolute atomic E-state index is 12.4. The summed E-state index contributed by atoms with van der Waals surface area (Å²) in [4.78, 5) is 19.1. The number of aromatic nitrogens is 1. The van der Waals surface area contributed by atoms with Gasteiger partial charge in [0.2, 0.25) is 5.91 Å². The molecule has 1 saturated heterocycles. The number of carbonyl (C=O) groups is 1. The summed E-state index contributed by atoms with van der Waals surface area (Å²) in [6, 6.07) is 10.9. The van der Waals surface area contributed by atoms with Crippen molar-refractivity contribution in [2.75, 3.05) is 31.2 Å². The molecular formula is C19H26Cl2N4O2. The van der Waals surface area contributed by atoms with Crippen LogP contribution in [-0.2, 0) is 16.1 Å². The predicted octanol–water partition coefficient (Wildman–Crippen LogP) is 2.39. The van der Waals surface area contributed by atoms with E-state index in [1.54, 1.807) is 6.20 Å². The number of benzene rings is 1. The van der Waals surface area contributed by atoms with Crippen molar-refractivity contribution in [3.8, 4) is 0 Å². The van der Waals surface area contributed by atoms with Crippen LogP contribution in [0, 0.1) is 6.92 Å². The summed E-state index contributed by atoms with van der Waals surface area (Å²) in [6.07, 6.45) is 1.77. The summed E-state index contributed by atoms with van der Waals surface area (Å²) < 4.78 is 5.39. The molecule has 0 radical (unpaired) electrons. The molecular weight excluding hydrogens is 387 g/mol. The lowest BCUT2D eigenvalue weighted by atomic mass is 10.1. The first-order valence-electron chi connectivity index (χ1n) is 8.51. The van der Waals surface area contributed by atoms with E-state index in [2.05, 4.69) is 15.2 Å². The molecule has 1 amide bonds. The van der Waals surface area contributed by atoms with Crippen molar-refractivity contribution >= 4 is 36.5 Å². The van der Waals surface area contributed by atoms with Gasteiger partial charge in [-0.25, -0.2) is 4.98 Å². The van der Waals surface area contributed by atoms with E-state index < -0.39 is 6.04 Å². The third-order valence-corrected chi connectivity index (χ3v) is 4.35. The van der Waals surface area contributed by atoms with E-state index >= 15 is 0 Å². The van der Waals surface area contributed by atoms with Crippen molar-refractivity contribution < 1.29 is 9.53 Å². The van der Waals surface area contributed by atoms with Gasteiger partial charge in [0.1, 0.15) is 11.9 Å². The molecule has 3 rings (SSSR count). The van der Waals surface area contributed by atoms with Crippen LogP contribution in [0.4, 0.5) is 5.82 Å². The highest BCUT2D eigenvalue weighted by atomic mass is 35.5. The van der Waals surface area contributed by atoms with Crippen LogP contribution in [0.1, 0.15) is 22.7 Å². The van der Waals surface area contributed by atoms with Gasteiger partial charge < -0.3 is 20.7 Å². The number of nitrogens with one attached hydrogen (secondary N) is 1. The Hall–Kier alpha value is -1.86. The minimum Gasteiger partial charge on any atom is -0.378 e. The van der Waals surface area contributed by atoms with E-state index in [0.29, 0.717) is 19.8 Å². The largest absolute Gasteiger partial charge is 0.378 e. The Kier molecular flexibility index (Phi) is 9.52. The molecule has 1 unspecified atom stereocenters. The number of amides is 1. The summed E-state index contributed by atoms with van der Waals surface area (Å²) >= 11 is 0. The highest BCUT2D eigenvalue weighted by Crippen LogP contribution is 2.19. The molecule has 0 saturated carbocycles. The lowest BCUT2D eigenvalue weighted by Crippen LogP contribution is -2.38. The third-order valence-electron chi connectivity index (χ3n) is 4.35. The molecule has 1 aromatic heterocycles. The number of ether oxygens (including phenoxy) is 1. The zero-order valence-electron chi connectivity index (χ0n) is 15.3. The van der Waals surface area contributed by atoms with Gasteiger partial charge >= 0.3 is 0 Å². The molecule has 1 atom stereocenters. The fraction of sp³-hybridized carbons (Fsp3) is 0.368. The number of morpholine rings is 1. The van der Waals surface area contributed by atoms with Gasteiger partial charge in [0.25, 0.3) is 0 Å². The van der Waals surface area contributed by atoms with Crippen LogP contribution in [-0.4, -0.2) is 37.2 Å². The Balaban J connectivity index is 0.00000182. The monoisotopic (exact) mass is 412 g/mol. The Morgan fingerprint density at radius 3 is 2.56 bits per heavy atom. The average molecular weight is 413 g/mol. The fourth-order valence-corrected chi connectivity index (χ4v) is 2.85. The predicted molar refractivity (Wildman–Crippen MR) is 112 cm³/mol. The lowest BCUT2D eigenvalue weighted by Gasteiger charge is -2.29. The Labute approximate surface area is 172 Å². The van der Waals surface area contributed by atoms with Crippen LogP contribution in [0.2, 0.25) is 0 Å². The Morgan fingerprint density at radius 2 is 1.89 bits per heavy atom. The first-order valence-corrected chi connectivity index (χ1v) is 8.51. The summed E-state index contributed by atoms with van der Waals surface area (Å²) in [5.41, 5.74) is 9.01. The highest BCUT2D eigenvalue weighted by Gasteiger charge is 2.18. The summed E-state index contributed by atoms with van der Waals surface area (Å²) in [6.45, 7) is 5.41. The molecule has 1 aliphatic rings. The van der Waals surface area contributed by atoms with E-state index in [1.807, 2.05) is 43.3 Å². The summed E-state index contributed by atoms with van der Waals surface area (Å²) in [7, 11) is 0. The number of carbonyl (C=O) groups excluding carboxylic acids is 1. The minimum absolute atomic E-state index is 0. The number of nitrogens with two attached hydrogens (primary N) is 1. The molecule has 148 valence electrons. The van der Waals surface area contributed by atoms with Crippen molar-refractivity contribution in [2.45, 2.75) is 19.5 Å². The van der Waals surface area contributed by atoms with Crippen molar-refractivity contribution in [3.05, 3.63) is 59.3 Å². The molecule has 8 heteroatoms. The first kappa shape index (κ1) is 23.2. The molecule has 1 fully saturated rings. The number of rotatable bonds is 5. The molecule has 27 heavy (non-hydrogen) atoms. The molecule has 0 spiro atoms. The average Bonchev–Trinajstić information content (AvgIpc) is 2.67. The second kappa shape index (κ2) is 11.1. The maximum atomic E-state index is 12.4. The van der Waals surface area contributed by atoms with Gasteiger partial charge in [0.05, 0.1) is 13.2 Å². The standard InChI is InChI=1S/C19H24N4O2.2ClH/c1-14-4-6-15(7-5-14)17(20)19(24)22-13-16-3-2-8-21-18(16)23-9-11-25-12-10-23;;/h2-8,17H,9-13,20H2,1H3,(H,22,24);2*1H. The second-order valence-corrected chi connectivity index (χ2v) is 6.19. The van der Waals surface area contributed by atoms with Crippen molar-refractivity contribution in [3.63, 3.8) is 0 Å².